The highest BCUT2D eigenvalue weighted by atomic mass is 19.4. The van der Waals surface area contributed by atoms with Gasteiger partial charge in [0.2, 0.25) is 5.91 Å². The summed E-state index contributed by atoms with van der Waals surface area (Å²) in [6, 6.07) is 6.77. The van der Waals surface area contributed by atoms with Crippen LogP contribution in [0.4, 0.5) is 13.2 Å². The highest BCUT2D eigenvalue weighted by molar-refractivity contribution is 5.86. The molecule has 0 aliphatic carbocycles. The zero-order chi connectivity index (χ0) is 20.5. The molecule has 1 aliphatic rings. The second-order valence-corrected chi connectivity index (χ2v) is 7.20. The number of aromatic nitrogens is 2. The van der Waals surface area contributed by atoms with Crippen LogP contribution in [0, 0.1) is 0 Å². The fourth-order valence-electron chi connectivity index (χ4n) is 3.27. The molecule has 1 fully saturated rings. The fraction of sp³-hybridized carbons (Fsp3) is 0.500. The van der Waals surface area contributed by atoms with Crippen LogP contribution in [0.2, 0.25) is 0 Å². The predicted octanol–water partition coefficient (Wildman–Crippen LogP) is 1.91. The molecule has 0 radical (unpaired) electrons. The van der Waals surface area contributed by atoms with Crippen LogP contribution in [0.25, 0.3) is 11.5 Å². The zero-order valence-corrected chi connectivity index (χ0v) is 15.5. The van der Waals surface area contributed by atoms with Crippen molar-refractivity contribution in [3.05, 3.63) is 35.7 Å². The minimum atomic E-state index is -4.41. The lowest BCUT2D eigenvalue weighted by Crippen LogP contribution is -2.51. The Morgan fingerprint density at radius 3 is 2.86 bits per heavy atom. The molecule has 1 aliphatic heterocycles. The van der Waals surface area contributed by atoms with Gasteiger partial charge in [-0.25, -0.2) is 0 Å². The highest BCUT2D eigenvalue weighted by Gasteiger charge is 2.44. The van der Waals surface area contributed by atoms with Gasteiger partial charge in [-0.15, -0.1) is 0 Å². The maximum atomic E-state index is 12.6. The van der Waals surface area contributed by atoms with E-state index in [9.17, 15) is 23.1 Å². The molecular formula is C18H21F3N4O3. The van der Waals surface area contributed by atoms with E-state index in [1.54, 1.807) is 38.2 Å². The van der Waals surface area contributed by atoms with Gasteiger partial charge in [0, 0.05) is 25.1 Å². The number of amides is 1. The third kappa shape index (κ3) is 4.50. The molecule has 28 heavy (non-hydrogen) atoms. The molecule has 1 saturated heterocycles. The number of likely N-dealkylation sites (tertiary alicyclic amines) is 1. The maximum Gasteiger partial charge on any atom is 0.396 e. The van der Waals surface area contributed by atoms with Crippen molar-refractivity contribution in [2.24, 2.45) is 0 Å². The molecule has 0 spiro atoms. The third-order valence-electron chi connectivity index (χ3n) is 4.90. The fourth-order valence-corrected chi connectivity index (χ4v) is 3.27. The number of β-amino-alcohol motifs (C(OH)–C–C–N with tert-alkyl or cyclic N) is 1. The van der Waals surface area contributed by atoms with Gasteiger partial charge in [0.25, 0.3) is 5.89 Å². The number of nitrogens with one attached hydrogen (secondary N) is 1. The standard InChI is InChI=1S/C18H21F3N4O3/c1-17(7-13(26)10-25(17)2)16(27)22-9-11-4-3-5-12(6-11)15-23-14(24-28-15)8-18(19,20)21/h3-6,13,26H,7-10H2,1-2H3,(H,22,27). The van der Waals surface area contributed by atoms with Gasteiger partial charge in [0.15, 0.2) is 5.82 Å². The number of alkyl halides is 3. The van der Waals surface area contributed by atoms with E-state index in [4.69, 9.17) is 4.52 Å². The molecule has 2 unspecified atom stereocenters. The SMILES string of the molecule is CN1CC(O)CC1(C)C(=O)NCc1cccc(-c2nc(CC(F)(F)F)no2)c1. The van der Waals surface area contributed by atoms with E-state index >= 15 is 0 Å². The van der Waals surface area contributed by atoms with Crippen LogP contribution in [0.1, 0.15) is 24.7 Å². The summed E-state index contributed by atoms with van der Waals surface area (Å²) >= 11 is 0. The highest BCUT2D eigenvalue weighted by Crippen LogP contribution is 2.28. The average molecular weight is 398 g/mol. The molecular weight excluding hydrogens is 377 g/mol. The number of aliphatic hydroxyl groups excluding tert-OH is 1. The molecule has 1 amide bonds. The van der Waals surface area contributed by atoms with E-state index in [0.717, 1.165) is 5.56 Å². The summed E-state index contributed by atoms with van der Waals surface area (Å²) in [5.41, 5.74) is 0.397. The van der Waals surface area contributed by atoms with Crippen LogP contribution >= 0.6 is 0 Å². The summed E-state index contributed by atoms with van der Waals surface area (Å²) in [6.45, 7) is 2.42. The first-order valence-corrected chi connectivity index (χ1v) is 8.73. The Labute approximate surface area is 159 Å². The van der Waals surface area contributed by atoms with E-state index in [0.29, 0.717) is 18.5 Å². The lowest BCUT2D eigenvalue weighted by molar-refractivity contribution is -0.130. The lowest BCUT2D eigenvalue weighted by atomic mass is 9.97. The number of nitrogens with zero attached hydrogens (tertiary/aromatic N) is 3. The largest absolute Gasteiger partial charge is 0.396 e. The molecule has 10 heteroatoms. The van der Waals surface area contributed by atoms with Crippen LogP contribution in [0.5, 0.6) is 0 Å². The molecule has 1 aromatic heterocycles. The van der Waals surface area contributed by atoms with Gasteiger partial charge < -0.3 is 14.9 Å². The van der Waals surface area contributed by atoms with Gasteiger partial charge in [-0.05, 0) is 31.7 Å². The number of likely N-dealkylation sites (N-methyl/N-ethyl adjacent to an activating group) is 1. The van der Waals surface area contributed by atoms with Crippen molar-refractivity contribution in [2.75, 3.05) is 13.6 Å². The smallest absolute Gasteiger partial charge is 0.392 e. The van der Waals surface area contributed by atoms with Gasteiger partial charge >= 0.3 is 6.18 Å². The van der Waals surface area contributed by atoms with Crippen molar-refractivity contribution < 1.29 is 27.6 Å². The van der Waals surface area contributed by atoms with Gasteiger partial charge in [-0.1, -0.05) is 17.3 Å². The molecule has 2 atom stereocenters. The van der Waals surface area contributed by atoms with Crippen LogP contribution in [-0.4, -0.2) is 57.5 Å². The number of aliphatic hydroxyl groups is 1. The topological polar surface area (TPSA) is 91.5 Å². The van der Waals surface area contributed by atoms with Crippen LogP contribution in [-0.2, 0) is 17.8 Å². The minimum Gasteiger partial charge on any atom is -0.392 e. The second-order valence-electron chi connectivity index (χ2n) is 7.20. The molecule has 7 nitrogen and oxygen atoms in total. The van der Waals surface area contributed by atoms with E-state index in [-0.39, 0.29) is 18.3 Å². The average Bonchev–Trinajstić information content (AvgIpc) is 3.16. The molecule has 0 saturated carbocycles. The van der Waals surface area contributed by atoms with Gasteiger partial charge in [-0.2, -0.15) is 18.2 Å². The summed E-state index contributed by atoms with van der Waals surface area (Å²) < 4.78 is 42.2. The number of rotatable bonds is 5. The van der Waals surface area contributed by atoms with Crippen LogP contribution in [0.3, 0.4) is 0 Å². The van der Waals surface area contributed by atoms with E-state index in [2.05, 4.69) is 15.5 Å². The van der Waals surface area contributed by atoms with Crippen molar-refractivity contribution in [3.63, 3.8) is 0 Å². The van der Waals surface area contributed by atoms with E-state index in [1.807, 2.05) is 4.90 Å². The summed E-state index contributed by atoms with van der Waals surface area (Å²) in [4.78, 5) is 18.2. The quantitative estimate of drug-likeness (QED) is 0.800. The number of carbonyl (C=O) groups excluding carboxylic acids is 1. The van der Waals surface area contributed by atoms with E-state index < -0.39 is 30.1 Å². The third-order valence-corrected chi connectivity index (χ3v) is 4.90. The molecule has 3 rings (SSSR count). The molecule has 0 bridgehead atoms. The zero-order valence-electron chi connectivity index (χ0n) is 15.5. The van der Waals surface area contributed by atoms with Crippen molar-refractivity contribution >= 4 is 5.91 Å². The lowest BCUT2D eigenvalue weighted by Gasteiger charge is -2.30. The van der Waals surface area contributed by atoms with Crippen molar-refractivity contribution in [1.29, 1.82) is 0 Å². The minimum absolute atomic E-state index is 0.0157. The first kappa shape index (κ1) is 20.3. The molecule has 1 aromatic carbocycles. The summed E-state index contributed by atoms with van der Waals surface area (Å²) in [5.74, 6) is -0.655. The molecule has 2 aromatic rings. The first-order valence-electron chi connectivity index (χ1n) is 8.73. The van der Waals surface area contributed by atoms with Crippen molar-refractivity contribution in [1.82, 2.24) is 20.4 Å². The van der Waals surface area contributed by atoms with Gasteiger partial charge in [0.1, 0.15) is 6.42 Å². The summed E-state index contributed by atoms with van der Waals surface area (Å²) in [5, 5.41) is 16.0. The summed E-state index contributed by atoms with van der Waals surface area (Å²) in [6.07, 6.45) is -5.87. The normalized spacial score (nSPS) is 23.1. The number of hydrogen-bond donors (Lipinski definition) is 2. The number of hydrogen-bond acceptors (Lipinski definition) is 6. The van der Waals surface area contributed by atoms with Gasteiger partial charge in [-0.3, -0.25) is 9.69 Å². The first-order chi connectivity index (χ1) is 13.1. The maximum absolute atomic E-state index is 12.6. The Bertz CT molecular complexity index is 855. The Balaban J connectivity index is 1.66. The van der Waals surface area contributed by atoms with Crippen molar-refractivity contribution in [2.45, 2.75) is 44.1 Å². The monoisotopic (exact) mass is 398 g/mol. The Morgan fingerprint density at radius 1 is 1.46 bits per heavy atom. The molecule has 2 heterocycles. The van der Waals surface area contributed by atoms with Gasteiger partial charge in [0.05, 0.1) is 11.6 Å². The Morgan fingerprint density at radius 2 is 2.21 bits per heavy atom. The Hall–Kier alpha value is -2.46. The molecule has 152 valence electrons. The van der Waals surface area contributed by atoms with Crippen LogP contribution < -0.4 is 5.32 Å². The van der Waals surface area contributed by atoms with Crippen molar-refractivity contribution in [3.8, 4) is 11.5 Å². The number of benzene rings is 1. The summed E-state index contributed by atoms with van der Waals surface area (Å²) in [7, 11) is 1.78. The number of halogens is 3. The number of carbonyl (C=O) groups is 1. The second kappa shape index (κ2) is 7.51. The van der Waals surface area contributed by atoms with Crippen LogP contribution in [0.15, 0.2) is 28.8 Å². The Kier molecular flexibility index (Phi) is 5.44. The molecule has 2 N–H and O–H groups in total. The van der Waals surface area contributed by atoms with E-state index in [1.165, 1.54) is 0 Å². The predicted molar refractivity (Wildman–Crippen MR) is 93.0 cm³/mol.